The van der Waals surface area contributed by atoms with Gasteiger partial charge in [-0.05, 0) is 72.6 Å². The summed E-state index contributed by atoms with van der Waals surface area (Å²) in [7, 11) is 0. The molecule has 0 bridgehead atoms. The van der Waals surface area contributed by atoms with Crippen LogP contribution in [0.5, 0.6) is 0 Å². The van der Waals surface area contributed by atoms with E-state index in [-0.39, 0.29) is 6.10 Å². The number of nitrogens with one attached hydrogen (secondary N) is 1. The first-order valence-electron chi connectivity index (χ1n) is 12.4. The highest BCUT2D eigenvalue weighted by Gasteiger charge is 2.51. The SMILES string of the molecule is Cc1nnn(-c2ccc(-c3ccc(C4(C(=O)O)CC4)cc3)cc2)c1NC(=O)O[C@@H]1CCc2ccccc21. The van der Waals surface area contributed by atoms with Crippen molar-refractivity contribution in [2.75, 3.05) is 5.32 Å². The quantitative estimate of drug-likeness (QED) is 0.362. The van der Waals surface area contributed by atoms with Gasteiger partial charge in [-0.25, -0.2) is 4.79 Å². The molecule has 1 heterocycles. The minimum absolute atomic E-state index is 0.267. The van der Waals surface area contributed by atoms with Gasteiger partial charge >= 0.3 is 12.1 Å². The molecular weight excluding hydrogens is 468 g/mol. The molecule has 0 radical (unpaired) electrons. The van der Waals surface area contributed by atoms with E-state index in [1.54, 1.807) is 11.6 Å². The number of amides is 1. The van der Waals surface area contributed by atoms with Gasteiger partial charge in [0.15, 0.2) is 5.82 Å². The molecular formula is C29H26N4O4. The number of benzene rings is 3. The Morgan fingerprint density at radius 3 is 2.35 bits per heavy atom. The number of carboxylic acids is 1. The first-order valence-corrected chi connectivity index (χ1v) is 12.4. The van der Waals surface area contributed by atoms with E-state index >= 15 is 0 Å². The van der Waals surface area contributed by atoms with Crippen molar-refractivity contribution in [1.29, 1.82) is 0 Å². The Hall–Kier alpha value is -4.46. The highest BCUT2D eigenvalue weighted by Crippen LogP contribution is 2.48. The van der Waals surface area contributed by atoms with Crippen molar-refractivity contribution in [3.8, 4) is 16.8 Å². The highest BCUT2D eigenvalue weighted by molar-refractivity contribution is 5.85. The van der Waals surface area contributed by atoms with Gasteiger partial charge in [-0.1, -0.05) is 65.9 Å². The molecule has 2 N–H and O–H groups in total. The molecule has 1 amide bonds. The van der Waals surface area contributed by atoms with E-state index in [0.717, 1.165) is 40.8 Å². The molecule has 0 spiro atoms. The van der Waals surface area contributed by atoms with Crippen LogP contribution in [0.3, 0.4) is 0 Å². The van der Waals surface area contributed by atoms with E-state index in [1.165, 1.54) is 5.56 Å². The summed E-state index contributed by atoms with van der Waals surface area (Å²) in [5, 5.41) is 20.7. The predicted octanol–water partition coefficient (Wildman–Crippen LogP) is 5.59. The molecule has 2 aliphatic rings. The average Bonchev–Trinajstić information content (AvgIpc) is 3.54. The van der Waals surface area contributed by atoms with Crippen LogP contribution in [0.15, 0.2) is 72.8 Å². The number of aliphatic carboxylic acids is 1. The van der Waals surface area contributed by atoms with Crippen molar-refractivity contribution in [3.05, 3.63) is 95.2 Å². The Labute approximate surface area is 213 Å². The van der Waals surface area contributed by atoms with Gasteiger partial charge in [-0.2, -0.15) is 4.68 Å². The maximum atomic E-state index is 12.8. The second-order valence-corrected chi connectivity index (χ2v) is 9.70. The van der Waals surface area contributed by atoms with Crippen molar-refractivity contribution in [3.63, 3.8) is 0 Å². The Morgan fingerprint density at radius 1 is 1.00 bits per heavy atom. The fourth-order valence-corrected chi connectivity index (χ4v) is 5.10. The van der Waals surface area contributed by atoms with Gasteiger partial charge < -0.3 is 9.84 Å². The summed E-state index contributed by atoms with van der Waals surface area (Å²) < 4.78 is 7.31. The molecule has 1 aromatic heterocycles. The molecule has 1 saturated carbocycles. The zero-order valence-electron chi connectivity index (χ0n) is 20.3. The Kier molecular flexibility index (Phi) is 5.52. The number of aryl methyl sites for hydroxylation is 2. The Bertz CT molecular complexity index is 1490. The van der Waals surface area contributed by atoms with Crippen molar-refractivity contribution in [2.24, 2.45) is 0 Å². The molecule has 0 saturated heterocycles. The summed E-state index contributed by atoms with van der Waals surface area (Å²) >= 11 is 0. The summed E-state index contributed by atoms with van der Waals surface area (Å²) in [5.41, 5.74) is 5.71. The molecule has 0 aliphatic heterocycles. The number of hydrogen-bond acceptors (Lipinski definition) is 5. The van der Waals surface area contributed by atoms with E-state index in [1.807, 2.05) is 66.7 Å². The zero-order valence-corrected chi connectivity index (χ0v) is 20.3. The molecule has 2 aliphatic carbocycles. The maximum absolute atomic E-state index is 12.8. The van der Waals surface area contributed by atoms with E-state index in [4.69, 9.17) is 4.74 Å². The molecule has 3 aromatic carbocycles. The van der Waals surface area contributed by atoms with Gasteiger partial charge in [0.1, 0.15) is 11.8 Å². The Balaban J connectivity index is 1.17. The topological polar surface area (TPSA) is 106 Å². The van der Waals surface area contributed by atoms with Crippen molar-refractivity contribution >= 4 is 17.9 Å². The lowest BCUT2D eigenvalue weighted by atomic mass is 9.94. The number of carbonyl (C=O) groups excluding carboxylic acids is 1. The number of hydrogen-bond donors (Lipinski definition) is 2. The number of carboxylic acid groups (broad SMARTS) is 1. The highest BCUT2D eigenvalue weighted by atomic mass is 16.6. The van der Waals surface area contributed by atoms with Crippen LogP contribution in [0, 0.1) is 6.92 Å². The van der Waals surface area contributed by atoms with E-state index in [2.05, 4.69) is 21.7 Å². The molecule has 186 valence electrons. The van der Waals surface area contributed by atoms with Gasteiger partial charge in [0.25, 0.3) is 0 Å². The fourth-order valence-electron chi connectivity index (χ4n) is 5.10. The molecule has 1 atom stereocenters. The number of rotatable bonds is 6. The van der Waals surface area contributed by atoms with Crippen LogP contribution < -0.4 is 5.32 Å². The molecule has 6 rings (SSSR count). The zero-order chi connectivity index (χ0) is 25.6. The third-order valence-electron chi connectivity index (χ3n) is 7.43. The standard InChI is InChI=1S/C29H26N4O4/c1-18-26(30-28(36)37-25-15-10-21-4-2-3-5-24(21)25)33(32-31-18)23-13-8-20(9-14-23)19-6-11-22(12-7-19)29(16-17-29)27(34)35/h2-9,11-14,25H,10,15-17H2,1H3,(H,30,36)(H,34,35)/t25-/m1/s1. The second kappa shape index (κ2) is 8.89. The first-order chi connectivity index (χ1) is 17.9. The minimum atomic E-state index is -0.755. The molecule has 8 nitrogen and oxygen atoms in total. The van der Waals surface area contributed by atoms with Crippen LogP contribution in [0.4, 0.5) is 10.6 Å². The minimum Gasteiger partial charge on any atom is -0.481 e. The lowest BCUT2D eigenvalue weighted by Gasteiger charge is -2.15. The summed E-state index contributed by atoms with van der Waals surface area (Å²) in [6.07, 6.45) is 2.22. The van der Waals surface area contributed by atoms with Crippen LogP contribution in [0.1, 0.15) is 47.8 Å². The van der Waals surface area contributed by atoms with Crippen LogP contribution in [0.25, 0.3) is 16.8 Å². The normalized spacial score (nSPS) is 17.2. The lowest BCUT2D eigenvalue weighted by molar-refractivity contribution is -0.140. The molecule has 8 heteroatoms. The van der Waals surface area contributed by atoms with Gasteiger partial charge in [-0.3, -0.25) is 10.1 Å². The lowest BCUT2D eigenvalue weighted by Crippen LogP contribution is -2.19. The monoisotopic (exact) mass is 494 g/mol. The van der Waals surface area contributed by atoms with Gasteiger partial charge in [0.2, 0.25) is 0 Å². The number of anilines is 1. The van der Waals surface area contributed by atoms with Crippen LogP contribution in [-0.4, -0.2) is 32.2 Å². The number of aromatic nitrogens is 3. The van der Waals surface area contributed by atoms with E-state index in [9.17, 15) is 14.7 Å². The van der Waals surface area contributed by atoms with Crippen LogP contribution in [-0.2, 0) is 21.4 Å². The average molecular weight is 495 g/mol. The van der Waals surface area contributed by atoms with Crippen molar-refractivity contribution in [2.45, 2.75) is 44.1 Å². The fraction of sp³-hybridized carbons (Fsp3) is 0.241. The third-order valence-corrected chi connectivity index (χ3v) is 7.43. The number of carbonyl (C=O) groups is 2. The number of ether oxygens (including phenoxy) is 1. The van der Waals surface area contributed by atoms with Crippen molar-refractivity contribution < 1.29 is 19.4 Å². The molecule has 4 aromatic rings. The summed E-state index contributed by atoms with van der Waals surface area (Å²) in [5.74, 6) is -0.300. The number of fused-ring (bicyclic) bond motifs is 1. The second-order valence-electron chi connectivity index (χ2n) is 9.70. The Morgan fingerprint density at radius 2 is 1.68 bits per heavy atom. The molecule has 1 fully saturated rings. The van der Waals surface area contributed by atoms with Crippen molar-refractivity contribution in [1.82, 2.24) is 15.0 Å². The predicted molar refractivity (Wildman–Crippen MR) is 138 cm³/mol. The van der Waals surface area contributed by atoms with Gasteiger partial charge in [0.05, 0.1) is 11.1 Å². The summed E-state index contributed by atoms with van der Waals surface area (Å²) in [6, 6.07) is 23.5. The van der Waals surface area contributed by atoms with Gasteiger partial charge in [0, 0.05) is 0 Å². The smallest absolute Gasteiger partial charge is 0.413 e. The molecule has 0 unspecified atom stereocenters. The molecule has 37 heavy (non-hydrogen) atoms. The van der Waals surface area contributed by atoms with Crippen LogP contribution in [0.2, 0.25) is 0 Å². The van der Waals surface area contributed by atoms with E-state index in [0.29, 0.717) is 24.4 Å². The first kappa shape index (κ1) is 23.0. The largest absolute Gasteiger partial charge is 0.481 e. The third kappa shape index (κ3) is 4.14. The summed E-state index contributed by atoms with van der Waals surface area (Å²) in [6.45, 7) is 1.78. The summed E-state index contributed by atoms with van der Waals surface area (Å²) in [4.78, 5) is 24.4. The van der Waals surface area contributed by atoms with Gasteiger partial charge in [-0.15, -0.1) is 5.10 Å². The van der Waals surface area contributed by atoms with Crippen LogP contribution >= 0.6 is 0 Å². The maximum Gasteiger partial charge on any atom is 0.413 e. The van der Waals surface area contributed by atoms with E-state index < -0.39 is 17.5 Å². The number of nitrogens with zero attached hydrogens (tertiary/aromatic N) is 3.